The minimum absolute atomic E-state index is 0.110. The number of alkyl halides is 4. The predicted molar refractivity (Wildman–Crippen MR) is 53.7 cm³/mol. The van der Waals surface area contributed by atoms with Gasteiger partial charge in [0, 0.05) is 10.4 Å². The van der Waals surface area contributed by atoms with Crippen molar-refractivity contribution in [3.63, 3.8) is 0 Å². The quantitative estimate of drug-likeness (QED) is 0.650. The normalized spacial score (nSPS) is 11.9. The third-order valence-corrected chi connectivity index (χ3v) is 3.43. The number of hydrogen-bond donors (Lipinski definition) is 0. The minimum Gasteiger partial charge on any atom is -0.166 e. The van der Waals surface area contributed by atoms with Crippen molar-refractivity contribution in [3.8, 4) is 0 Å². The van der Waals surface area contributed by atoms with Gasteiger partial charge in [-0.3, -0.25) is 0 Å². The molecule has 0 amide bonds. The second kappa shape index (κ2) is 4.29. The molecule has 0 aliphatic rings. The molecule has 0 aliphatic heterocycles. The maximum absolute atomic E-state index is 12.3. The first-order valence-electron chi connectivity index (χ1n) is 3.48. The molecule has 0 aliphatic carbocycles. The van der Waals surface area contributed by atoms with Crippen LogP contribution < -0.4 is 0 Å². The monoisotopic (exact) mass is 306 g/mol. The molecule has 0 nitrogen and oxygen atoms in total. The van der Waals surface area contributed by atoms with Crippen LogP contribution in [0.25, 0.3) is 0 Å². The molecule has 0 spiro atoms. The van der Waals surface area contributed by atoms with Crippen molar-refractivity contribution in [2.75, 3.05) is 0 Å². The van der Waals surface area contributed by atoms with Crippen LogP contribution in [0, 0.1) is 0 Å². The van der Waals surface area contributed by atoms with Gasteiger partial charge in [-0.15, -0.1) is 11.6 Å². The van der Waals surface area contributed by atoms with Crippen molar-refractivity contribution in [1.29, 1.82) is 0 Å². The molecular formula is C8H4BrCl2F3. The Kier molecular flexibility index (Phi) is 3.72. The molecule has 1 aromatic carbocycles. The Hall–Kier alpha value is 0.0700. The molecule has 1 aromatic rings. The zero-order valence-corrected chi connectivity index (χ0v) is 9.73. The fraction of sp³-hybridized carbons (Fsp3) is 0.250. The van der Waals surface area contributed by atoms with Crippen LogP contribution in [0.3, 0.4) is 0 Å². The third-order valence-electron chi connectivity index (χ3n) is 1.61. The summed E-state index contributed by atoms with van der Waals surface area (Å²) in [6.07, 6.45) is -4.44. The first kappa shape index (κ1) is 12.1. The highest BCUT2D eigenvalue weighted by atomic mass is 79.9. The summed E-state index contributed by atoms with van der Waals surface area (Å²) >= 11 is 14.0. The fourth-order valence-corrected chi connectivity index (χ4v) is 2.07. The van der Waals surface area contributed by atoms with Crippen molar-refractivity contribution < 1.29 is 13.2 Å². The highest BCUT2D eigenvalue weighted by molar-refractivity contribution is 9.10. The van der Waals surface area contributed by atoms with Gasteiger partial charge in [0.15, 0.2) is 0 Å². The lowest BCUT2D eigenvalue weighted by Gasteiger charge is -2.11. The van der Waals surface area contributed by atoms with Crippen LogP contribution in [0.5, 0.6) is 0 Å². The lowest BCUT2D eigenvalue weighted by Crippen LogP contribution is -2.06. The van der Waals surface area contributed by atoms with E-state index >= 15 is 0 Å². The number of rotatable bonds is 1. The van der Waals surface area contributed by atoms with E-state index in [0.717, 1.165) is 6.07 Å². The van der Waals surface area contributed by atoms with Crippen LogP contribution in [0.1, 0.15) is 11.1 Å². The second-order valence-corrected chi connectivity index (χ2v) is 3.97. The van der Waals surface area contributed by atoms with E-state index in [1.165, 1.54) is 6.07 Å². The van der Waals surface area contributed by atoms with Gasteiger partial charge in [0.25, 0.3) is 0 Å². The lowest BCUT2D eigenvalue weighted by molar-refractivity contribution is -0.137. The summed E-state index contributed by atoms with van der Waals surface area (Å²) in [4.78, 5) is 0. The molecule has 0 N–H and O–H groups in total. The summed E-state index contributed by atoms with van der Waals surface area (Å²) in [7, 11) is 0. The van der Waals surface area contributed by atoms with E-state index in [-0.39, 0.29) is 15.4 Å². The first-order valence-corrected chi connectivity index (χ1v) is 5.18. The lowest BCUT2D eigenvalue weighted by atomic mass is 10.1. The van der Waals surface area contributed by atoms with Gasteiger partial charge in [-0.25, -0.2) is 0 Å². The Morgan fingerprint density at radius 2 is 1.86 bits per heavy atom. The van der Waals surface area contributed by atoms with Gasteiger partial charge in [0.2, 0.25) is 0 Å². The SMILES string of the molecule is FC(F)(F)c1ccc(CCl)c(Br)c1Cl. The van der Waals surface area contributed by atoms with E-state index in [1.807, 2.05) is 0 Å². The third kappa shape index (κ3) is 2.35. The molecule has 0 radical (unpaired) electrons. The number of halogens is 6. The Labute approximate surface area is 97.1 Å². The van der Waals surface area contributed by atoms with Crippen LogP contribution in [0.15, 0.2) is 16.6 Å². The fourth-order valence-electron chi connectivity index (χ4n) is 0.912. The summed E-state index contributed by atoms with van der Waals surface area (Å²) in [6, 6.07) is 2.22. The van der Waals surface area contributed by atoms with Gasteiger partial charge >= 0.3 is 6.18 Å². The van der Waals surface area contributed by atoms with Gasteiger partial charge in [-0.1, -0.05) is 17.7 Å². The van der Waals surface area contributed by atoms with Gasteiger partial charge in [-0.05, 0) is 27.6 Å². The highest BCUT2D eigenvalue weighted by Crippen LogP contribution is 2.39. The molecule has 0 heterocycles. The highest BCUT2D eigenvalue weighted by Gasteiger charge is 2.34. The number of hydrogen-bond acceptors (Lipinski definition) is 0. The molecule has 0 atom stereocenters. The summed E-state index contributed by atoms with van der Waals surface area (Å²) in [5, 5.41) is -0.351. The minimum atomic E-state index is -4.44. The topological polar surface area (TPSA) is 0 Å². The average molecular weight is 308 g/mol. The van der Waals surface area contributed by atoms with Crippen molar-refractivity contribution in [2.45, 2.75) is 12.1 Å². The van der Waals surface area contributed by atoms with Crippen LogP contribution in [-0.4, -0.2) is 0 Å². The summed E-state index contributed by atoms with van der Waals surface area (Å²) < 4.78 is 37.2. The van der Waals surface area contributed by atoms with E-state index < -0.39 is 11.7 Å². The van der Waals surface area contributed by atoms with Crippen LogP contribution in [-0.2, 0) is 12.1 Å². The second-order valence-electron chi connectivity index (χ2n) is 2.53. The number of benzene rings is 1. The molecule has 1 rings (SSSR count). The molecular weight excluding hydrogens is 304 g/mol. The van der Waals surface area contributed by atoms with E-state index in [9.17, 15) is 13.2 Å². The predicted octanol–water partition coefficient (Wildman–Crippen LogP) is 4.86. The molecule has 78 valence electrons. The van der Waals surface area contributed by atoms with Crippen LogP contribution in [0.2, 0.25) is 5.02 Å². The van der Waals surface area contributed by atoms with Crippen molar-refractivity contribution in [1.82, 2.24) is 0 Å². The van der Waals surface area contributed by atoms with E-state index in [2.05, 4.69) is 15.9 Å². The smallest absolute Gasteiger partial charge is 0.166 e. The standard InChI is InChI=1S/C8H4BrCl2F3/c9-6-4(3-10)1-2-5(7(6)11)8(12,13)14/h1-2H,3H2. The van der Waals surface area contributed by atoms with Gasteiger partial charge in [-0.2, -0.15) is 13.2 Å². The zero-order chi connectivity index (χ0) is 10.9. The molecule has 14 heavy (non-hydrogen) atoms. The Bertz CT molecular complexity index is 349. The van der Waals surface area contributed by atoms with Gasteiger partial charge in [0.1, 0.15) is 0 Å². The Balaban J connectivity index is 3.31. The molecule has 0 fully saturated rings. The van der Waals surface area contributed by atoms with Crippen molar-refractivity contribution in [2.24, 2.45) is 0 Å². The van der Waals surface area contributed by atoms with Crippen molar-refractivity contribution >= 4 is 39.1 Å². The summed E-state index contributed by atoms with van der Waals surface area (Å²) in [5.41, 5.74) is -0.329. The van der Waals surface area contributed by atoms with E-state index in [4.69, 9.17) is 23.2 Å². The Morgan fingerprint density at radius 1 is 1.29 bits per heavy atom. The maximum atomic E-state index is 12.3. The molecule has 6 heteroatoms. The van der Waals surface area contributed by atoms with Crippen LogP contribution in [0.4, 0.5) is 13.2 Å². The summed E-state index contributed by atoms with van der Waals surface area (Å²) in [6.45, 7) is 0. The van der Waals surface area contributed by atoms with Crippen molar-refractivity contribution in [3.05, 3.63) is 32.8 Å². The summed E-state index contributed by atoms with van der Waals surface area (Å²) in [5.74, 6) is 0.110. The Morgan fingerprint density at radius 3 is 2.29 bits per heavy atom. The van der Waals surface area contributed by atoms with Gasteiger partial charge in [0.05, 0.1) is 10.6 Å². The molecule has 0 unspecified atom stereocenters. The van der Waals surface area contributed by atoms with Crippen LogP contribution >= 0.6 is 39.1 Å². The zero-order valence-electron chi connectivity index (χ0n) is 6.63. The average Bonchev–Trinajstić information content (AvgIpc) is 2.07. The molecule has 0 saturated carbocycles. The van der Waals surface area contributed by atoms with E-state index in [1.54, 1.807) is 0 Å². The van der Waals surface area contributed by atoms with E-state index in [0.29, 0.717) is 5.56 Å². The largest absolute Gasteiger partial charge is 0.417 e. The maximum Gasteiger partial charge on any atom is 0.417 e. The first-order chi connectivity index (χ1) is 6.38. The molecule has 0 bridgehead atoms. The van der Waals surface area contributed by atoms with Gasteiger partial charge < -0.3 is 0 Å². The molecule has 0 saturated heterocycles. The molecule has 0 aromatic heterocycles.